The average molecular weight is 292 g/mol. The Balaban J connectivity index is 1.49. The normalized spacial score (nSPS) is 35.2. The van der Waals surface area contributed by atoms with Gasteiger partial charge >= 0.3 is 0 Å². The predicted molar refractivity (Wildman–Crippen MR) is 86.1 cm³/mol. The molecule has 3 unspecified atom stereocenters. The first kappa shape index (κ1) is 15.3. The molecule has 2 N–H and O–H groups in total. The van der Waals surface area contributed by atoms with Crippen molar-refractivity contribution in [2.75, 3.05) is 6.54 Å². The maximum Gasteiger partial charge on any atom is 0.237 e. The molecule has 2 saturated carbocycles. The number of amides is 1. The Morgan fingerprint density at radius 3 is 2.62 bits per heavy atom. The molecular formula is C18H32N2O. The van der Waals surface area contributed by atoms with E-state index in [2.05, 4.69) is 17.6 Å². The van der Waals surface area contributed by atoms with E-state index in [1.807, 2.05) is 0 Å². The van der Waals surface area contributed by atoms with E-state index in [0.29, 0.717) is 11.5 Å². The number of carbonyl (C=O) groups is 1. The van der Waals surface area contributed by atoms with Crippen LogP contribution in [0.15, 0.2) is 0 Å². The molecule has 3 fully saturated rings. The van der Waals surface area contributed by atoms with E-state index in [9.17, 15) is 4.79 Å². The summed E-state index contributed by atoms with van der Waals surface area (Å²) in [6, 6.07) is 0.675. The molecular weight excluding hydrogens is 260 g/mol. The molecule has 21 heavy (non-hydrogen) atoms. The summed E-state index contributed by atoms with van der Waals surface area (Å²) in [6.45, 7) is 3.18. The van der Waals surface area contributed by atoms with Crippen molar-refractivity contribution in [1.82, 2.24) is 10.6 Å². The first-order valence-electron chi connectivity index (χ1n) is 9.26. The number of fused-ring (bicyclic) bond motifs is 1. The fraction of sp³-hybridized carbons (Fsp3) is 0.944. The molecule has 3 rings (SSSR count). The Labute approximate surface area is 129 Å². The van der Waals surface area contributed by atoms with Gasteiger partial charge in [-0.25, -0.2) is 0 Å². The van der Waals surface area contributed by atoms with E-state index in [1.54, 1.807) is 0 Å². The Bertz CT molecular complexity index is 362. The van der Waals surface area contributed by atoms with Crippen molar-refractivity contribution in [3.63, 3.8) is 0 Å². The maximum absolute atomic E-state index is 12.5. The lowest BCUT2D eigenvalue weighted by molar-refractivity contribution is -0.125. The van der Waals surface area contributed by atoms with E-state index in [1.165, 1.54) is 64.2 Å². The zero-order chi connectivity index (χ0) is 14.7. The summed E-state index contributed by atoms with van der Waals surface area (Å²) in [4.78, 5) is 12.5. The Kier molecular flexibility index (Phi) is 4.88. The van der Waals surface area contributed by atoms with Crippen molar-refractivity contribution in [3.05, 3.63) is 0 Å². The molecule has 0 aromatic heterocycles. The van der Waals surface area contributed by atoms with Crippen LogP contribution in [-0.4, -0.2) is 24.5 Å². The average Bonchev–Trinajstić information content (AvgIpc) is 3.01. The zero-order valence-electron chi connectivity index (χ0n) is 13.6. The van der Waals surface area contributed by atoms with Crippen molar-refractivity contribution in [2.45, 2.75) is 89.6 Å². The third-order valence-electron chi connectivity index (χ3n) is 6.52. The van der Waals surface area contributed by atoms with E-state index in [4.69, 9.17) is 0 Å². The van der Waals surface area contributed by atoms with Gasteiger partial charge in [0.15, 0.2) is 0 Å². The summed E-state index contributed by atoms with van der Waals surface area (Å²) in [5, 5.41) is 6.93. The van der Waals surface area contributed by atoms with Crippen LogP contribution >= 0.6 is 0 Å². The predicted octanol–water partition coefficient (Wildman–Crippen LogP) is 3.38. The van der Waals surface area contributed by atoms with Crippen LogP contribution in [0.25, 0.3) is 0 Å². The van der Waals surface area contributed by atoms with Gasteiger partial charge in [-0.15, -0.1) is 0 Å². The molecule has 2 aliphatic carbocycles. The third-order valence-corrected chi connectivity index (χ3v) is 6.52. The summed E-state index contributed by atoms with van der Waals surface area (Å²) in [7, 11) is 0. The molecule has 3 aliphatic rings. The van der Waals surface area contributed by atoms with Crippen LogP contribution in [-0.2, 0) is 4.79 Å². The molecule has 0 aromatic rings. The molecule has 0 spiro atoms. The van der Waals surface area contributed by atoms with E-state index >= 15 is 0 Å². The molecule has 0 radical (unpaired) electrons. The first-order valence-corrected chi connectivity index (χ1v) is 9.26. The molecule has 0 aromatic carbocycles. The number of piperidine rings is 1. The minimum absolute atomic E-state index is 0.0691. The minimum atomic E-state index is 0.0691. The second-order valence-electron chi connectivity index (χ2n) is 7.73. The van der Waals surface area contributed by atoms with Crippen LogP contribution in [0, 0.1) is 11.3 Å². The molecule has 1 aliphatic heterocycles. The standard InChI is InChI=1S/C18H32N2O/c1-2-18(11-5-6-12-18)13-19-17(21)16-10-9-14-7-3-4-8-15(14)20-16/h14-16,20H,2-13H2,1H3,(H,19,21). The number of carbonyl (C=O) groups excluding carboxylic acids is 1. The van der Waals surface area contributed by atoms with Gasteiger partial charge in [0.25, 0.3) is 0 Å². The molecule has 120 valence electrons. The summed E-state index contributed by atoms with van der Waals surface area (Å²) < 4.78 is 0. The largest absolute Gasteiger partial charge is 0.354 e. The zero-order valence-corrected chi connectivity index (χ0v) is 13.6. The number of nitrogens with one attached hydrogen (secondary N) is 2. The second-order valence-corrected chi connectivity index (χ2v) is 7.73. The summed E-state index contributed by atoms with van der Waals surface area (Å²) >= 11 is 0. The lowest BCUT2D eigenvalue weighted by atomic mass is 9.77. The molecule has 1 amide bonds. The van der Waals surface area contributed by atoms with Gasteiger partial charge in [-0.2, -0.15) is 0 Å². The highest BCUT2D eigenvalue weighted by Gasteiger charge is 2.36. The van der Waals surface area contributed by atoms with Crippen LogP contribution < -0.4 is 10.6 Å². The molecule has 0 bridgehead atoms. The highest BCUT2D eigenvalue weighted by atomic mass is 16.2. The number of hydrogen-bond donors (Lipinski definition) is 2. The second kappa shape index (κ2) is 6.68. The molecule has 1 heterocycles. The Morgan fingerprint density at radius 1 is 1.10 bits per heavy atom. The lowest BCUT2D eigenvalue weighted by Crippen LogP contribution is -2.55. The highest BCUT2D eigenvalue weighted by Crippen LogP contribution is 2.40. The van der Waals surface area contributed by atoms with Crippen molar-refractivity contribution in [1.29, 1.82) is 0 Å². The van der Waals surface area contributed by atoms with Crippen molar-refractivity contribution in [2.24, 2.45) is 11.3 Å². The van der Waals surface area contributed by atoms with Gasteiger partial charge in [-0.05, 0) is 56.3 Å². The van der Waals surface area contributed by atoms with Gasteiger partial charge < -0.3 is 10.6 Å². The van der Waals surface area contributed by atoms with Crippen LogP contribution in [0.4, 0.5) is 0 Å². The lowest BCUT2D eigenvalue weighted by Gasteiger charge is -2.40. The van der Waals surface area contributed by atoms with Gasteiger partial charge in [-0.1, -0.05) is 32.6 Å². The van der Waals surface area contributed by atoms with Crippen LogP contribution in [0.5, 0.6) is 0 Å². The first-order chi connectivity index (χ1) is 10.2. The quantitative estimate of drug-likeness (QED) is 0.834. The molecule has 1 saturated heterocycles. The smallest absolute Gasteiger partial charge is 0.237 e. The monoisotopic (exact) mass is 292 g/mol. The van der Waals surface area contributed by atoms with Gasteiger partial charge in [0.1, 0.15) is 0 Å². The summed E-state index contributed by atoms with van der Waals surface area (Å²) in [5.74, 6) is 1.10. The maximum atomic E-state index is 12.5. The fourth-order valence-electron chi connectivity index (χ4n) is 4.88. The Morgan fingerprint density at radius 2 is 1.86 bits per heavy atom. The minimum Gasteiger partial charge on any atom is -0.354 e. The molecule has 3 atom stereocenters. The van der Waals surface area contributed by atoms with Crippen molar-refractivity contribution >= 4 is 5.91 Å². The van der Waals surface area contributed by atoms with E-state index < -0.39 is 0 Å². The van der Waals surface area contributed by atoms with Gasteiger partial charge in [0.05, 0.1) is 6.04 Å². The summed E-state index contributed by atoms with van der Waals surface area (Å²) in [6.07, 6.45) is 14.1. The highest BCUT2D eigenvalue weighted by molar-refractivity contribution is 5.81. The number of rotatable bonds is 4. The van der Waals surface area contributed by atoms with Crippen molar-refractivity contribution < 1.29 is 4.79 Å². The van der Waals surface area contributed by atoms with E-state index in [-0.39, 0.29) is 11.9 Å². The fourth-order valence-corrected chi connectivity index (χ4v) is 4.88. The molecule has 3 heteroatoms. The topological polar surface area (TPSA) is 41.1 Å². The Hall–Kier alpha value is -0.570. The van der Waals surface area contributed by atoms with Gasteiger partial charge in [-0.3, -0.25) is 4.79 Å². The van der Waals surface area contributed by atoms with Crippen LogP contribution in [0.1, 0.15) is 77.6 Å². The van der Waals surface area contributed by atoms with Gasteiger partial charge in [0, 0.05) is 12.6 Å². The third kappa shape index (κ3) is 3.44. The van der Waals surface area contributed by atoms with Crippen LogP contribution in [0.2, 0.25) is 0 Å². The summed E-state index contributed by atoms with van der Waals surface area (Å²) in [5.41, 5.74) is 0.400. The SMILES string of the molecule is CCC1(CNC(=O)C2CCC3CCCCC3N2)CCCC1. The van der Waals surface area contributed by atoms with Crippen molar-refractivity contribution in [3.8, 4) is 0 Å². The van der Waals surface area contributed by atoms with Gasteiger partial charge in [0.2, 0.25) is 5.91 Å². The number of hydrogen-bond acceptors (Lipinski definition) is 2. The van der Waals surface area contributed by atoms with E-state index in [0.717, 1.165) is 18.9 Å². The van der Waals surface area contributed by atoms with Crippen LogP contribution in [0.3, 0.4) is 0 Å². The molecule has 3 nitrogen and oxygen atoms in total.